The minimum atomic E-state index is -0.947. The Morgan fingerprint density at radius 2 is 2.29 bits per heavy atom. The average molecular weight is 316 g/mol. The Morgan fingerprint density at radius 1 is 1.43 bits per heavy atom. The zero-order chi connectivity index (χ0) is 15.1. The molecule has 1 aliphatic heterocycles. The highest BCUT2D eigenvalue weighted by molar-refractivity contribution is 7.99. The maximum atomic E-state index is 12.9. The molecule has 0 aromatic heterocycles. The van der Waals surface area contributed by atoms with Crippen LogP contribution >= 0.6 is 11.8 Å². The predicted octanol–water partition coefficient (Wildman–Crippen LogP) is 1.55. The van der Waals surface area contributed by atoms with Gasteiger partial charge in [0.1, 0.15) is 12.4 Å². The summed E-state index contributed by atoms with van der Waals surface area (Å²) in [4.78, 5) is 11.7. The summed E-state index contributed by atoms with van der Waals surface area (Å²) in [6.45, 7) is 1.48. The van der Waals surface area contributed by atoms with Gasteiger partial charge in [-0.15, -0.1) is 0 Å². The predicted molar refractivity (Wildman–Crippen MR) is 78.6 cm³/mol. The molecule has 4 nitrogen and oxygen atoms in total. The van der Waals surface area contributed by atoms with Crippen molar-refractivity contribution in [3.05, 3.63) is 29.8 Å². The number of thioether (sulfide) groups is 1. The zero-order valence-electron chi connectivity index (χ0n) is 11.5. The molecule has 1 aliphatic rings. The van der Waals surface area contributed by atoms with Gasteiger partial charge in [0.2, 0.25) is 5.91 Å². The van der Waals surface area contributed by atoms with Crippen molar-refractivity contribution in [3.8, 4) is 5.75 Å². The molecule has 116 valence electrons. The third kappa shape index (κ3) is 5.51. The highest BCUT2D eigenvalue weighted by atomic mass is 32.2. The second-order valence-electron chi connectivity index (χ2n) is 4.70. The van der Waals surface area contributed by atoms with Gasteiger partial charge in [-0.05, 0) is 12.1 Å². The van der Waals surface area contributed by atoms with Crippen molar-refractivity contribution in [2.24, 2.45) is 0 Å². The first-order valence-electron chi connectivity index (χ1n) is 6.81. The molecule has 1 aromatic rings. The normalized spacial score (nSPS) is 18.3. The molecule has 1 amide bonds. The Labute approximate surface area is 126 Å². The SMILES string of the molecule is O=C(CC1CSCCN1)NCCOc1ccc(F)c(F)c1. The van der Waals surface area contributed by atoms with Crippen LogP contribution in [0.5, 0.6) is 5.75 Å². The first-order chi connectivity index (χ1) is 10.1. The topological polar surface area (TPSA) is 50.4 Å². The highest BCUT2D eigenvalue weighted by Gasteiger charge is 2.16. The van der Waals surface area contributed by atoms with Crippen molar-refractivity contribution < 1.29 is 18.3 Å². The summed E-state index contributed by atoms with van der Waals surface area (Å²) < 4.78 is 30.9. The number of carbonyl (C=O) groups excluding carboxylic acids is 1. The van der Waals surface area contributed by atoms with Crippen LogP contribution in [0.2, 0.25) is 0 Å². The van der Waals surface area contributed by atoms with E-state index in [1.165, 1.54) is 6.07 Å². The van der Waals surface area contributed by atoms with Gasteiger partial charge in [0.25, 0.3) is 0 Å². The summed E-state index contributed by atoms with van der Waals surface area (Å²) in [5.74, 6) is 0.377. The minimum Gasteiger partial charge on any atom is -0.492 e. The number of nitrogens with one attached hydrogen (secondary N) is 2. The molecule has 1 fully saturated rings. The molecule has 1 heterocycles. The molecule has 0 bridgehead atoms. The molecule has 1 atom stereocenters. The van der Waals surface area contributed by atoms with E-state index in [1.54, 1.807) is 0 Å². The maximum Gasteiger partial charge on any atom is 0.221 e. The molecule has 0 radical (unpaired) electrons. The monoisotopic (exact) mass is 316 g/mol. The van der Waals surface area contributed by atoms with E-state index in [2.05, 4.69) is 10.6 Å². The van der Waals surface area contributed by atoms with Gasteiger partial charge in [0, 0.05) is 36.6 Å². The van der Waals surface area contributed by atoms with E-state index in [-0.39, 0.29) is 24.3 Å². The van der Waals surface area contributed by atoms with E-state index >= 15 is 0 Å². The number of carbonyl (C=O) groups is 1. The Bertz CT molecular complexity index is 482. The molecule has 0 saturated carbocycles. The smallest absolute Gasteiger partial charge is 0.221 e. The van der Waals surface area contributed by atoms with Crippen LogP contribution in [-0.4, -0.2) is 43.2 Å². The first kappa shape index (κ1) is 16.0. The molecule has 1 saturated heterocycles. The van der Waals surface area contributed by atoms with Crippen molar-refractivity contribution in [2.45, 2.75) is 12.5 Å². The van der Waals surface area contributed by atoms with E-state index in [0.29, 0.717) is 13.0 Å². The standard InChI is InChI=1S/C14H18F2N2O2S/c15-12-2-1-11(8-13(12)16)20-5-3-18-14(19)7-10-9-21-6-4-17-10/h1-2,8,10,17H,3-7,9H2,(H,18,19). The van der Waals surface area contributed by atoms with Crippen LogP contribution in [0.25, 0.3) is 0 Å². The Hall–Kier alpha value is -1.34. The lowest BCUT2D eigenvalue weighted by Gasteiger charge is -2.22. The Kier molecular flexibility index (Phi) is 6.25. The van der Waals surface area contributed by atoms with Crippen LogP contribution < -0.4 is 15.4 Å². The second-order valence-corrected chi connectivity index (χ2v) is 5.85. The average Bonchev–Trinajstić information content (AvgIpc) is 2.48. The van der Waals surface area contributed by atoms with Gasteiger partial charge in [-0.3, -0.25) is 4.79 Å². The van der Waals surface area contributed by atoms with E-state index in [0.717, 1.165) is 30.2 Å². The number of benzene rings is 1. The fraction of sp³-hybridized carbons (Fsp3) is 0.500. The fourth-order valence-corrected chi connectivity index (χ4v) is 2.92. The van der Waals surface area contributed by atoms with Crippen molar-refractivity contribution in [1.82, 2.24) is 10.6 Å². The molecule has 21 heavy (non-hydrogen) atoms. The van der Waals surface area contributed by atoms with Crippen LogP contribution in [0.4, 0.5) is 8.78 Å². The van der Waals surface area contributed by atoms with Crippen molar-refractivity contribution in [3.63, 3.8) is 0 Å². The molecular weight excluding hydrogens is 298 g/mol. The first-order valence-corrected chi connectivity index (χ1v) is 7.96. The quantitative estimate of drug-likeness (QED) is 0.782. The lowest BCUT2D eigenvalue weighted by Crippen LogP contribution is -2.41. The van der Waals surface area contributed by atoms with Gasteiger partial charge >= 0.3 is 0 Å². The maximum absolute atomic E-state index is 12.9. The Balaban J connectivity index is 1.62. The van der Waals surface area contributed by atoms with Gasteiger partial charge in [-0.2, -0.15) is 11.8 Å². The third-order valence-electron chi connectivity index (χ3n) is 3.01. The second kappa shape index (κ2) is 8.19. The summed E-state index contributed by atoms with van der Waals surface area (Å²) >= 11 is 1.84. The van der Waals surface area contributed by atoms with E-state index in [1.807, 2.05) is 11.8 Å². The summed E-state index contributed by atoms with van der Waals surface area (Å²) in [6, 6.07) is 3.57. The number of hydrogen-bond acceptors (Lipinski definition) is 4. The van der Waals surface area contributed by atoms with E-state index < -0.39 is 11.6 Å². The van der Waals surface area contributed by atoms with Crippen molar-refractivity contribution in [1.29, 1.82) is 0 Å². The van der Waals surface area contributed by atoms with Crippen LogP contribution in [0.1, 0.15) is 6.42 Å². The lowest BCUT2D eigenvalue weighted by molar-refractivity contribution is -0.121. The molecule has 2 rings (SSSR count). The van der Waals surface area contributed by atoms with Crippen molar-refractivity contribution >= 4 is 17.7 Å². The number of ether oxygens (including phenoxy) is 1. The number of hydrogen-bond donors (Lipinski definition) is 2. The highest BCUT2D eigenvalue weighted by Crippen LogP contribution is 2.15. The van der Waals surface area contributed by atoms with Gasteiger partial charge in [0.05, 0.1) is 6.54 Å². The summed E-state index contributed by atoms with van der Waals surface area (Å²) in [6.07, 6.45) is 0.443. The minimum absolute atomic E-state index is 0.0381. The largest absolute Gasteiger partial charge is 0.492 e. The lowest BCUT2D eigenvalue weighted by atomic mass is 10.2. The molecule has 2 N–H and O–H groups in total. The Morgan fingerprint density at radius 3 is 3.00 bits per heavy atom. The summed E-state index contributed by atoms with van der Waals surface area (Å²) in [5.41, 5.74) is 0. The van der Waals surface area contributed by atoms with Crippen LogP contribution in [0, 0.1) is 11.6 Å². The summed E-state index contributed by atoms with van der Waals surface area (Å²) in [7, 11) is 0. The zero-order valence-corrected chi connectivity index (χ0v) is 12.3. The van der Waals surface area contributed by atoms with Crippen LogP contribution in [0.3, 0.4) is 0 Å². The molecule has 1 unspecified atom stereocenters. The number of rotatable bonds is 6. The van der Waals surface area contributed by atoms with Gasteiger partial charge in [0.15, 0.2) is 11.6 Å². The fourth-order valence-electron chi connectivity index (χ4n) is 1.97. The molecule has 0 aliphatic carbocycles. The molecule has 1 aromatic carbocycles. The number of halogens is 2. The molecule has 0 spiro atoms. The van der Waals surface area contributed by atoms with Gasteiger partial charge in [-0.1, -0.05) is 0 Å². The van der Waals surface area contributed by atoms with E-state index in [9.17, 15) is 13.6 Å². The van der Waals surface area contributed by atoms with Crippen LogP contribution in [0.15, 0.2) is 18.2 Å². The number of amides is 1. The van der Waals surface area contributed by atoms with Crippen LogP contribution in [-0.2, 0) is 4.79 Å². The van der Waals surface area contributed by atoms with Crippen molar-refractivity contribution in [2.75, 3.05) is 31.2 Å². The van der Waals surface area contributed by atoms with E-state index in [4.69, 9.17) is 4.74 Å². The van der Waals surface area contributed by atoms with Gasteiger partial charge < -0.3 is 15.4 Å². The molecule has 7 heteroatoms. The third-order valence-corrected chi connectivity index (χ3v) is 4.15. The summed E-state index contributed by atoms with van der Waals surface area (Å²) in [5, 5.41) is 6.03. The van der Waals surface area contributed by atoms with Gasteiger partial charge in [-0.25, -0.2) is 8.78 Å². The molecular formula is C14H18F2N2O2S.